The molecule has 0 amide bonds. The Morgan fingerprint density at radius 2 is 2.00 bits per heavy atom. The van der Waals surface area contributed by atoms with Crippen molar-refractivity contribution in [1.82, 2.24) is 4.98 Å². The molecule has 3 nitrogen and oxygen atoms in total. The number of nitrogens with one attached hydrogen (secondary N) is 1. The van der Waals surface area contributed by atoms with Crippen LogP contribution in [0.3, 0.4) is 0 Å². The van der Waals surface area contributed by atoms with E-state index in [4.69, 9.17) is 4.42 Å². The highest BCUT2D eigenvalue weighted by Gasteiger charge is 2.18. The van der Waals surface area contributed by atoms with Crippen LogP contribution in [0.5, 0.6) is 0 Å². The fourth-order valence-electron chi connectivity index (χ4n) is 2.41. The largest absolute Gasteiger partial charge is 0.454 e. The predicted molar refractivity (Wildman–Crippen MR) is 90.1 cm³/mol. The van der Waals surface area contributed by atoms with Crippen LogP contribution in [0, 0.1) is 0 Å². The van der Waals surface area contributed by atoms with Crippen LogP contribution in [0.4, 0.5) is 5.13 Å². The van der Waals surface area contributed by atoms with Crippen molar-refractivity contribution in [2.75, 3.05) is 5.32 Å². The van der Waals surface area contributed by atoms with Crippen LogP contribution >= 0.6 is 11.3 Å². The van der Waals surface area contributed by atoms with E-state index >= 15 is 0 Å². The Labute approximate surface area is 129 Å². The molecular weight excluding hydrogens is 280 g/mol. The third-order valence-electron chi connectivity index (χ3n) is 3.27. The summed E-state index contributed by atoms with van der Waals surface area (Å²) in [7, 11) is 0. The molecule has 0 atom stereocenters. The lowest BCUT2D eigenvalue weighted by Gasteiger charge is -2.19. The fraction of sp³-hybridized carbons (Fsp3) is 0.353. The van der Waals surface area contributed by atoms with Gasteiger partial charge in [0.2, 0.25) is 0 Å². The predicted octanol–water partition coefficient (Wildman–Crippen LogP) is 5.33. The van der Waals surface area contributed by atoms with Crippen LogP contribution in [0.25, 0.3) is 22.4 Å². The number of nitrogens with zero attached hydrogens (tertiary/aromatic N) is 1. The number of rotatable bonds is 3. The van der Waals surface area contributed by atoms with Gasteiger partial charge < -0.3 is 9.73 Å². The van der Waals surface area contributed by atoms with Gasteiger partial charge in [0.15, 0.2) is 10.9 Å². The average molecular weight is 300 g/mol. The van der Waals surface area contributed by atoms with Crippen molar-refractivity contribution in [2.24, 2.45) is 0 Å². The summed E-state index contributed by atoms with van der Waals surface area (Å²) in [5.41, 5.74) is 3.09. The number of hydrogen-bond acceptors (Lipinski definition) is 4. The maximum absolute atomic E-state index is 6.04. The highest BCUT2D eigenvalue weighted by Crippen LogP contribution is 2.35. The minimum absolute atomic E-state index is 0.0105. The van der Waals surface area contributed by atoms with Crippen molar-refractivity contribution in [2.45, 2.75) is 39.7 Å². The van der Waals surface area contributed by atoms with Gasteiger partial charge in [0.1, 0.15) is 11.3 Å². The lowest BCUT2D eigenvalue weighted by molar-refractivity contribution is 0.622. The molecule has 0 aliphatic carbocycles. The van der Waals surface area contributed by atoms with Gasteiger partial charge in [0, 0.05) is 21.9 Å². The molecule has 0 fully saturated rings. The molecule has 0 aliphatic heterocycles. The summed E-state index contributed by atoms with van der Waals surface area (Å²) in [4.78, 5) is 4.68. The third-order valence-corrected chi connectivity index (χ3v) is 4.03. The zero-order chi connectivity index (χ0) is 15.0. The Hall–Kier alpha value is -1.81. The number of aromatic nitrogens is 1. The topological polar surface area (TPSA) is 38.1 Å². The summed E-state index contributed by atoms with van der Waals surface area (Å²) >= 11 is 1.62. The molecule has 0 saturated carbocycles. The van der Waals surface area contributed by atoms with Gasteiger partial charge >= 0.3 is 0 Å². The number of aryl methyl sites for hydroxylation is 1. The van der Waals surface area contributed by atoms with Crippen molar-refractivity contribution in [3.05, 3.63) is 35.2 Å². The van der Waals surface area contributed by atoms with E-state index in [1.807, 2.05) is 12.1 Å². The number of benzene rings is 1. The molecule has 4 heteroatoms. The molecule has 0 unspecified atom stereocenters. The smallest absolute Gasteiger partial charge is 0.183 e. The maximum Gasteiger partial charge on any atom is 0.183 e. The molecule has 3 aromatic rings. The zero-order valence-corrected chi connectivity index (χ0v) is 13.7. The molecule has 2 heterocycles. The van der Waals surface area contributed by atoms with Gasteiger partial charge in [-0.1, -0.05) is 25.1 Å². The molecule has 1 N–H and O–H groups in total. The van der Waals surface area contributed by atoms with Crippen LogP contribution in [0.1, 0.15) is 33.3 Å². The van der Waals surface area contributed by atoms with Gasteiger partial charge in [-0.05, 0) is 33.3 Å². The van der Waals surface area contributed by atoms with E-state index in [1.165, 1.54) is 10.9 Å². The second-order valence-electron chi connectivity index (χ2n) is 6.17. The van der Waals surface area contributed by atoms with Crippen LogP contribution in [0.2, 0.25) is 0 Å². The average Bonchev–Trinajstić information content (AvgIpc) is 3.00. The minimum Gasteiger partial charge on any atom is -0.454 e. The summed E-state index contributed by atoms with van der Waals surface area (Å²) in [5, 5.41) is 7.59. The molecule has 1 aromatic carbocycles. The highest BCUT2D eigenvalue weighted by molar-refractivity contribution is 7.14. The van der Waals surface area contributed by atoms with E-state index in [2.05, 4.69) is 55.5 Å². The first kappa shape index (κ1) is 14.1. The van der Waals surface area contributed by atoms with E-state index in [0.29, 0.717) is 0 Å². The molecule has 3 rings (SSSR count). The lowest BCUT2D eigenvalue weighted by atomic mass is 10.1. The van der Waals surface area contributed by atoms with Crippen molar-refractivity contribution in [3.63, 3.8) is 0 Å². The van der Waals surface area contributed by atoms with Gasteiger partial charge in [-0.25, -0.2) is 4.98 Å². The summed E-state index contributed by atoms with van der Waals surface area (Å²) in [5.74, 6) is 0.900. The number of hydrogen-bond donors (Lipinski definition) is 1. The van der Waals surface area contributed by atoms with E-state index in [9.17, 15) is 0 Å². The van der Waals surface area contributed by atoms with E-state index < -0.39 is 0 Å². The summed E-state index contributed by atoms with van der Waals surface area (Å²) < 4.78 is 6.04. The van der Waals surface area contributed by atoms with Gasteiger partial charge in [0.25, 0.3) is 0 Å². The maximum atomic E-state index is 6.04. The first-order valence-corrected chi connectivity index (χ1v) is 8.10. The first-order chi connectivity index (χ1) is 9.98. The number of anilines is 1. The standard InChI is InChI=1S/C17H20N2OS/c1-5-11-12-8-6-7-9-14(12)20-15(11)13-10-21-16(18-13)19-17(2,3)4/h6-10H,5H2,1-4H3,(H,18,19). The van der Waals surface area contributed by atoms with E-state index in [-0.39, 0.29) is 5.54 Å². The number of fused-ring (bicyclic) bond motifs is 1. The zero-order valence-electron chi connectivity index (χ0n) is 12.9. The molecule has 0 radical (unpaired) electrons. The van der Waals surface area contributed by atoms with E-state index in [0.717, 1.165) is 28.6 Å². The lowest BCUT2D eigenvalue weighted by Crippen LogP contribution is -2.25. The van der Waals surface area contributed by atoms with Crippen molar-refractivity contribution < 1.29 is 4.42 Å². The van der Waals surface area contributed by atoms with Crippen LogP contribution < -0.4 is 5.32 Å². The molecule has 110 valence electrons. The van der Waals surface area contributed by atoms with Crippen molar-refractivity contribution in [1.29, 1.82) is 0 Å². The monoisotopic (exact) mass is 300 g/mol. The Kier molecular flexibility index (Phi) is 3.49. The van der Waals surface area contributed by atoms with Crippen LogP contribution in [0.15, 0.2) is 34.1 Å². The van der Waals surface area contributed by atoms with Crippen molar-refractivity contribution in [3.8, 4) is 11.5 Å². The number of thiazole rings is 1. The molecule has 21 heavy (non-hydrogen) atoms. The SMILES string of the molecule is CCc1c(-c2csc(NC(C)(C)C)n2)oc2ccccc12. The number of furan rings is 1. The molecular formula is C17H20N2OS. The molecule has 2 aromatic heterocycles. The Balaban J connectivity index is 2.04. The van der Waals surface area contributed by atoms with Gasteiger partial charge in [-0.2, -0.15) is 0 Å². The Morgan fingerprint density at radius 1 is 1.24 bits per heavy atom. The normalized spacial score (nSPS) is 12.0. The van der Waals surface area contributed by atoms with Crippen LogP contribution in [-0.4, -0.2) is 10.5 Å². The highest BCUT2D eigenvalue weighted by atomic mass is 32.1. The van der Waals surface area contributed by atoms with Gasteiger partial charge in [-0.3, -0.25) is 0 Å². The summed E-state index contributed by atoms with van der Waals surface area (Å²) in [6, 6.07) is 8.18. The molecule has 0 saturated heterocycles. The fourth-order valence-corrected chi connectivity index (χ4v) is 3.31. The number of para-hydroxylation sites is 1. The van der Waals surface area contributed by atoms with Gasteiger partial charge in [0.05, 0.1) is 0 Å². The second kappa shape index (κ2) is 5.19. The van der Waals surface area contributed by atoms with Gasteiger partial charge in [-0.15, -0.1) is 11.3 Å². The second-order valence-corrected chi connectivity index (χ2v) is 7.03. The summed E-state index contributed by atoms with van der Waals surface area (Å²) in [6.07, 6.45) is 0.936. The molecule has 0 spiro atoms. The third kappa shape index (κ3) is 2.81. The first-order valence-electron chi connectivity index (χ1n) is 7.22. The quantitative estimate of drug-likeness (QED) is 0.710. The van der Waals surface area contributed by atoms with Crippen LogP contribution in [-0.2, 0) is 6.42 Å². The van der Waals surface area contributed by atoms with Crippen molar-refractivity contribution >= 4 is 27.4 Å². The molecule has 0 bridgehead atoms. The summed E-state index contributed by atoms with van der Waals surface area (Å²) in [6.45, 7) is 8.55. The minimum atomic E-state index is 0.0105. The Bertz CT molecular complexity index is 765. The molecule has 0 aliphatic rings. The van der Waals surface area contributed by atoms with E-state index in [1.54, 1.807) is 11.3 Å². The Morgan fingerprint density at radius 3 is 2.71 bits per heavy atom.